The van der Waals surface area contributed by atoms with Gasteiger partial charge >= 0.3 is 0 Å². The van der Waals surface area contributed by atoms with Crippen LogP contribution in [0.2, 0.25) is 5.02 Å². The highest BCUT2D eigenvalue weighted by Gasteiger charge is 2.48. The van der Waals surface area contributed by atoms with Crippen LogP contribution in [0.5, 0.6) is 5.75 Å². The van der Waals surface area contributed by atoms with Gasteiger partial charge in [0.25, 0.3) is 5.91 Å². The number of ether oxygens (including phenoxy) is 1. The van der Waals surface area contributed by atoms with Gasteiger partial charge in [-0.1, -0.05) is 37.9 Å². The van der Waals surface area contributed by atoms with Crippen LogP contribution in [0.25, 0.3) is 0 Å². The molecular weight excluding hydrogens is 584 g/mol. The highest BCUT2D eigenvalue weighted by atomic mass is 35.5. The first-order valence-electron chi connectivity index (χ1n) is 16.0. The first-order chi connectivity index (χ1) is 20.4. The zero-order valence-corrected chi connectivity index (χ0v) is 27.1. The number of hydrogen-bond acceptors (Lipinski definition) is 6. The third kappa shape index (κ3) is 5.68. The van der Waals surface area contributed by atoms with E-state index >= 15 is 0 Å². The number of fused-ring (bicyclic) bond motifs is 4. The van der Waals surface area contributed by atoms with Crippen LogP contribution < -0.4 is 14.4 Å². The molecule has 2 aliphatic heterocycles. The Labute approximate surface area is 261 Å². The highest BCUT2D eigenvalue weighted by Crippen LogP contribution is 2.49. The van der Waals surface area contributed by atoms with Crippen LogP contribution in [0.3, 0.4) is 0 Å². The number of sulfonamides is 1. The Kier molecular flexibility index (Phi) is 8.27. The molecule has 1 amide bonds. The third-order valence-corrected chi connectivity index (χ3v) is 13.4. The lowest BCUT2D eigenvalue weighted by atomic mass is 9.62. The maximum Gasteiger partial charge on any atom is 0.264 e. The molecule has 2 heterocycles. The molecule has 0 unspecified atom stereocenters. The number of rotatable bonds is 1. The molecule has 2 aliphatic carbocycles. The minimum absolute atomic E-state index is 0.156. The Balaban J connectivity index is 1.43. The highest BCUT2D eigenvalue weighted by molar-refractivity contribution is 7.90. The van der Waals surface area contributed by atoms with Crippen molar-refractivity contribution in [3.8, 4) is 5.75 Å². The maximum absolute atomic E-state index is 13.4. The minimum atomic E-state index is -3.90. The van der Waals surface area contributed by atoms with Crippen LogP contribution in [0.4, 0.5) is 5.69 Å². The average Bonchev–Trinajstić information content (AvgIpc) is 3.11. The number of aliphatic hydroxyl groups is 1. The summed E-state index contributed by atoms with van der Waals surface area (Å²) in [6, 6.07) is 11.5. The molecular formula is C34H45ClN2O5S. The van der Waals surface area contributed by atoms with Crippen molar-refractivity contribution in [2.45, 2.75) is 94.8 Å². The molecule has 6 atom stereocenters. The van der Waals surface area contributed by atoms with Crippen molar-refractivity contribution in [2.24, 2.45) is 17.8 Å². The Morgan fingerprint density at radius 1 is 1.09 bits per heavy atom. The van der Waals surface area contributed by atoms with Crippen LogP contribution >= 0.6 is 11.6 Å². The second-order valence-corrected chi connectivity index (χ2v) is 16.2. The van der Waals surface area contributed by atoms with Crippen molar-refractivity contribution in [1.82, 2.24) is 4.72 Å². The summed E-state index contributed by atoms with van der Waals surface area (Å²) >= 11 is 6.41. The van der Waals surface area contributed by atoms with Crippen molar-refractivity contribution >= 4 is 33.2 Å². The summed E-state index contributed by atoms with van der Waals surface area (Å²) in [5.74, 6) is 0.407. The summed E-state index contributed by atoms with van der Waals surface area (Å²) in [5, 5.41) is 12.0. The Hall–Kier alpha value is -2.29. The second-order valence-electron chi connectivity index (χ2n) is 13.7. The van der Waals surface area contributed by atoms with E-state index in [0.29, 0.717) is 49.6 Å². The van der Waals surface area contributed by atoms with E-state index in [1.54, 1.807) is 19.1 Å². The summed E-state index contributed by atoms with van der Waals surface area (Å²) < 4.78 is 35.5. The lowest BCUT2D eigenvalue weighted by Crippen LogP contribution is -2.53. The predicted octanol–water partition coefficient (Wildman–Crippen LogP) is 6.25. The van der Waals surface area contributed by atoms with Gasteiger partial charge in [-0.25, -0.2) is 13.1 Å². The van der Waals surface area contributed by atoms with Gasteiger partial charge in [0, 0.05) is 29.1 Å². The number of nitrogens with zero attached hydrogens (tertiary/aromatic N) is 1. The van der Waals surface area contributed by atoms with Gasteiger partial charge in [0.05, 0.1) is 23.1 Å². The van der Waals surface area contributed by atoms with E-state index in [0.717, 1.165) is 55.8 Å². The lowest BCUT2D eigenvalue weighted by molar-refractivity contribution is -0.0909. The summed E-state index contributed by atoms with van der Waals surface area (Å²) in [7, 11) is -3.90. The van der Waals surface area contributed by atoms with E-state index in [-0.39, 0.29) is 17.3 Å². The van der Waals surface area contributed by atoms with Gasteiger partial charge in [-0.05, 0) is 118 Å². The Morgan fingerprint density at radius 2 is 1.91 bits per heavy atom. The standard InChI is InChI=1S/C34H45ClN2O5S/c1-4-34(39)16-5-7-22(2)23(3)43(40,41)36-32(38)25-10-14-31-30(18-25)37(19-26-9-12-29(26)34)20-33(21-42-31)15-6-8-24-17-27(35)11-13-28(24)33/h10-11,13-14,17-18,22-23,26,29,39H,4-9,12,15-16,19-21H2,1-3H3,(H,36,38)/t22-,23+,26-,29+,33-,34+/m0/s1. The first-order valence-corrected chi connectivity index (χ1v) is 18.0. The molecule has 234 valence electrons. The molecule has 2 bridgehead atoms. The quantitative estimate of drug-likeness (QED) is 0.388. The minimum Gasteiger partial charge on any atom is -0.490 e. The third-order valence-electron chi connectivity index (χ3n) is 11.3. The molecule has 43 heavy (non-hydrogen) atoms. The van der Waals surface area contributed by atoms with E-state index < -0.39 is 26.8 Å². The number of anilines is 1. The number of aryl methyl sites for hydroxylation is 1. The molecule has 7 nitrogen and oxygen atoms in total. The van der Waals surface area contributed by atoms with Crippen molar-refractivity contribution in [3.63, 3.8) is 0 Å². The molecule has 4 aliphatic rings. The van der Waals surface area contributed by atoms with E-state index in [9.17, 15) is 18.3 Å². The molecule has 1 saturated carbocycles. The molecule has 0 aromatic heterocycles. The number of hydrogen-bond donors (Lipinski definition) is 2. The van der Waals surface area contributed by atoms with Crippen LogP contribution in [0, 0.1) is 17.8 Å². The van der Waals surface area contributed by atoms with Crippen molar-refractivity contribution in [3.05, 3.63) is 58.1 Å². The summed E-state index contributed by atoms with van der Waals surface area (Å²) in [6.45, 7) is 7.61. The van der Waals surface area contributed by atoms with Crippen molar-refractivity contribution < 1.29 is 23.1 Å². The molecule has 9 heteroatoms. The fourth-order valence-corrected chi connectivity index (χ4v) is 9.71. The number of halogens is 1. The van der Waals surface area contributed by atoms with Gasteiger partial charge in [-0.3, -0.25) is 4.79 Å². The molecule has 0 radical (unpaired) electrons. The summed E-state index contributed by atoms with van der Waals surface area (Å²) in [4.78, 5) is 15.8. The van der Waals surface area contributed by atoms with Gasteiger partial charge in [0.15, 0.2) is 0 Å². The Bertz CT molecular complexity index is 1500. The molecule has 1 spiro atoms. The molecule has 2 N–H and O–H groups in total. The van der Waals surface area contributed by atoms with Gasteiger partial charge in [0.1, 0.15) is 5.75 Å². The fraction of sp³-hybridized carbons (Fsp3) is 0.618. The number of nitrogens with one attached hydrogen (secondary N) is 1. The molecule has 1 fully saturated rings. The van der Waals surface area contributed by atoms with E-state index in [1.807, 2.05) is 19.1 Å². The number of carbonyl (C=O) groups excluding carboxylic acids is 1. The zero-order chi connectivity index (χ0) is 30.6. The molecule has 2 aromatic carbocycles. The van der Waals surface area contributed by atoms with Crippen molar-refractivity contribution in [1.29, 1.82) is 0 Å². The monoisotopic (exact) mass is 628 g/mol. The van der Waals surface area contributed by atoms with E-state index in [1.165, 1.54) is 11.1 Å². The lowest BCUT2D eigenvalue weighted by Gasteiger charge is -2.50. The zero-order valence-electron chi connectivity index (χ0n) is 25.6. The van der Waals surface area contributed by atoms with Gasteiger partial charge in [-0.15, -0.1) is 0 Å². The predicted molar refractivity (Wildman–Crippen MR) is 171 cm³/mol. The molecule has 2 aromatic rings. The van der Waals surface area contributed by atoms with Crippen LogP contribution in [0.1, 0.15) is 93.6 Å². The number of benzene rings is 2. The van der Waals surface area contributed by atoms with Gasteiger partial charge < -0.3 is 14.7 Å². The van der Waals surface area contributed by atoms with E-state index in [4.69, 9.17) is 16.3 Å². The first kappa shape index (κ1) is 30.7. The topological polar surface area (TPSA) is 95.9 Å². The number of amides is 1. The maximum atomic E-state index is 13.4. The van der Waals surface area contributed by atoms with Crippen LogP contribution in [-0.2, 0) is 21.9 Å². The normalized spacial score (nSPS) is 34.2. The summed E-state index contributed by atoms with van der Waals surface area (Å²) in [5.41, 5.74) is 2.60. The van der Waals surface area contributed by atoms with Gasteiger partial charge in [0.2, 0.25) is 10.0 Å². The summed E-state index contributed by atoms with van der Waals surface area (Å²) in [6.07, 6.45) is 7.76. The Morgan fingerprint density at radius 3 is 2.65 bits per heavy atom. The second kappa shape index (κ2) is 11.6. The average molecular weight is 629 g/mol. The molecule has 0 saturated heterocycles. The SMILES string of the molecule is CC[C@@]1(O)CCC[C@H](C)[C@@H](C)S(=O)(=O)NC(=O)c2ccc3c(c2)N(C[C@@H]2CC[C@H]21)C[C@@]1(CCCc2cc(Cl)ccc21)CO3. The fourth-order valence-electron chi connectivity index (χ4n) is 8.21. The van der Waals surface area contributed by atoms with Crippen molar-refractivity contribution in [2.75, 3.05) is 24.6 Å². The van der Waals surface area contributed by atoms with Crippen LogP contribution in [-0.4, -0.2) is 50.0 Å². The molecule has 6 rings (SSSR count). The smallest absolute Gasteiger partial charge is 0.264 e. The van der Waals surface area contributed by atoms with Crippen LogP contribution in [0.15, 0.2) is 36.4 Å². The largest absolute Gasteiger partial charge is 0.490 e. The van der Waals surface area contributed by atoms with E-state index in [2.05, 4.69) is 28.7 Å². The number of carbonyl (C=O) groups is 1. The van der Waals surface area contributed by atoms with Gasteiger partial charge in [-0.2, -0.15) is 0 Å².